The van der Waals surface area contributed by atoms with E-state index in [9.17, 15) is 4.79 Å². The number of hydrogen-bond donors (Lipinski definition) is 2. The van der Waals surface area contributed by atoms with E-state index in [1.165, 1.54) is 0 Å². The first-order chi connectivity index (χ1) is 12.0. The van der Waals surface area contributed by atoms with Crippen molar-refractivity contribution < 1.29 is 4.79 Å². The topological polar surface area (TPSA) is 70.2 Å². The van der Waals surface area contributed by atoms with Gasteiger partial charge in [-0.2, -0.15) is 0 Å². The van der Waals surface area contributed by atoms with Gasteiger partial charge in [0.15, 0.2) is 0 Å². The summed E-state index contributed by atoms with van der Waals surface area (Å²) >= 11 is 18.0. The summed E-state index contributed by atoms with van der Waals surface area (Å²) in [5.74, 6) is 0.493. The number of benzene rings is 1. The molecule has 1 fully saturated rings. The van der Waals surface area contributed by atoms with Gasteiger partial charge in [-0.3, -0.25) is 15.6 Å². The van der Waals surface area contributed by atoms with Crippen molar-refractivity contribution >= 4 is 52.3 Å². The minimum absolute atomic E-state index is 0.0997. The van der Waals surface area contributed by atoms with Crippen LogP contribution in [0.1, 0.15) is 12.8 Å². The third kappa shape index (κ3) is 4.45. The van der Waals surface area contributed by atoms with Crippen LogP contribution in [0, 0.1) is 5.92 Å². The molecule has 0 saturated carbocycles. The molecule has 0 aliphatic carbocycles. The molecule has 0 bridgehead atoms. The molecule has 1 aliphatic heterocycles. The lowest BCUT2D eigenvalue weighted by Crippen LogP contribution is -2.42. The number of nitrogens with one attached hydrogen (secondary N) is 2. The zero-order valence-corrected chi connectivity index (χ0v) is 15.4. The van der Waals surface area contributed by atoms with E-state index in [-0.39, 0.29) is 11.8 Å². The Balaban J connectivity index is 1.53. The van der Waals surface area contributed by atoms with E-state index in [2.05, 4.69) is 25.7 Å². The van der Waals surface area contributed by atoms with Gasteiger partial charge < -0.3 is 4.90 Å². The standard InChI is InChI=1S/C16H16Cl3N5O/c17-11-8-12(18)14(13(19)9-11)22-23-15(25)10-2-6-24(7-3-10)16-20-4-1-5-21-16/h1,4-5,8-10,22H,2-3,6-7H2,(H,23,25). The van der Waals surface area contributed by atoms with Crippen LogP contribution in [0.15, 0.2) is 30.6 Å². The molecule has 1 saturated heterocycles. The van der Waals surface area contributed by atoms with Crippen LogP contribution in [0.2, 0.25) is 15.1 Å². The number of halogens is 3. The average Bonchev–Trinajstić information content (AvgIpc) is 2.61. The molecule has 25 heavy (non-hydrogen) atoms. The van der Waals surface area contributed by atoms with Gasteiger partial charge in [0.1, 0.15) is 0 Å². The second-order valence-electron chi connectivity index (χ2n) is 5.67. The molecule has 0 spiro atoms. The van der Waals surface area contributed by atoms with Crippen molar-refractivity contribution in [3.8, 4) is 0 Å². The first kappa shape index (κ1) is 18.0. The summed E-state index contributed by atoms with van der Waals surface area (Å²) in [6, 6.07) is 4.89. The fourth-order valence-electron chi connectivity index (χ4n) is 2.68. The van der Waals surface area contributed by atoms with Crippen LogP contribution >= 0.6 is 34.8 Å². The zero-order valence-electron chi connectivity index (χ0n) is 13.2. The molecule has 132 valence electrons. The van der Waals surface area contributed by atoms with Crippen LogP contribution in [0.5, 0.6) is 0 Å². The van der Waals surface area contributed by atoms with Gasteiger partial charge in [-0.15, -0.1) is 0 Å². The molecule has 9 heteroatoms. The molecule has 1 aromatic carbocycles. The molecule has 0 unspecified atom stereocenters. The Morgan fingerprint density at radius 2 is 1.68 bits per heavy atom. The summed E-state index contributed by atoms with van der Waals surface area (Å²) in [7, 11) is 0. The molecule has 2 aromatic rings. The highest BCUT2D eigenvalue weighted by Gasteiger charge is 2.26. The van der Waals surface area contributed by atoms with Gasteiger partial charge in [0.25, 0.3) is 0 Å². The molecule has 0 radical (unpaired) electrons. The predicted octanol–water partition coefficient (Wildman–Crippen LogP) is 3.80. The van der Waals surface area contributed by atoms with Gasteiger partial charge in [0.05, 0.1) is 15.7 Å². The summed E-state index contributed by atoms with van der Waals surface area (Å²) in [5.41, 5.74) is 5.89. The fourth-order valence-corrected chi connectivity index (χ4v) is 3.60. The molecule has 2 N–H and O–H groups in total. The number of hydrazine groups is 1. The van der Waals surface area contributed by atoms with E-state index in [1.54, 1.807) is 30.6 Å². The first-order valence-corrected chi connectivity index (χ1v) is 8.90. The highest BCUT2D eigenvalue weighted by molar-refractivity contribution is 6.41. The number of anilines is 2. The van der Waals surface area contributed by atoms with Crippen LogP contribution in [-0.4, -0.2) is 29.0 Å². The maximum Gasteiger partial charge on any atom is 0.241 e. The number of carbonyl (C=O) groups excluding carboxylic acids is 1. The van der Waals surface area contributed by atoms with Crippen molar-refractivity contribution in [1.82, 2.24) is 15.4 Å². The van der Waals surface area contributed by atoms with Crippen molar-refractivity contribution in [3.05, 3.63) is 45.7 Å². The van der Waals surface area contributed by atoms with Crippen LogP contribution < -0.4 is 15.8 Å². The molecule has 6 nitrogen and oxygen atoms in total. The minimum atomic E-state index is -0.101. The molecular formula is C16H16Cl3N5O. The Kier molecular flexibility index (Phi) is 5.83. The summed E-state index contributed by atoms with van der Waals surface area (Å²) in [4.78, 5) is 22.9. The molecule has 1 amide bonds. The number of nitrogens with zero attached hydrogens (tertiary/aromatic N) is 3. The van der Waals surface area contributed by atoms with Crippen LogP contribution in [-0.2, 0) is 4.79 Å². The van der Waals surface area contributed by atoms with Crippen molar-refractivity contribution in [2.24, 2.45) is 5.92 Å². The van der Waals surface area contributed by atoms with E-state index in [4.69, 9.17) is 34.8 Å². The van der Waals surface area contributed by atoms with Crippen molar-refractivity contribution in [3.63, 3.8) is 0 Å². The number of amides is 1. The van der Waals surface area contributed by atoms with Crippen molar-refractivity contribution in [1.29, 1.82) is 0 Å². The summed E-state index contributed by atoms with van der Waals surface area (Å²) < 4.78 is 0. The second-order valence-corrected chi connectivity index (χ2v) is 6.92. The highest BCUT2D eigenvalue weighted by Crippen LogP contribution is 2.33. The third-order valence-corrected chi connectivity index (χ3v) is 4.83. The summed E-state index contributed by atoms with van der Waals surface area (Å²) in [6.45, 7) is 1.45. The van der Waals surface area contributed by atoms with E-state index in [0.717, 1.165) is 13.1 Å². The zero-order chi connectivity index (χ0) is 17.8. The number of aromatic nitrogens is 2. The third-order valence-electron chi connectivity index (χ3n) is 4.02. The number of carbonyl (C=O) groups is 1. The lowest BCUT2D eigenvalue weighted by atomic mass is 9.96. The Morgan fingerprint density at radius 3 is 2.28 bits per heavy atom. The second kappa shape index (κ2) is 8.08. The lowest BCUT2D eigenvalue weighted by Gasteiger charge is -2.31. The Morgan fingerprint density at radius 1 is 1.08 bits per heavy atom. The number of rotatable bonds is 4. The van der Waals surface area contributed by atoms with Gasteiger partial charge in [0.2, 0.25) is 11.9 Å². The van der Waals surface area contributed by atoms with Crippen molar-refractivity contribution in [2.75, 3.05) is 23.4 Å². The van der Waals surface area contributed by atoms with Crippen LogP contribution in [0.3, 0.4) is 0 Å². The number of piperidine rings is 1. The van der Waals surface area contributed by atoms with Gasteiger partial charge in [-0.05, 0) is 31.0 Å². The van der Waals surface area contributed by atoms with Gasteiger partial charge in [0, 0.05) is 36.4 Å². The molecule has 2 heterocycles. The summed E-state index contributed by atoms with van der Waals surface area (Å²) in [6.07, 6.45) is 4.86. The van der Waals surface area contributed by atoms with Crippen LogP contribution in [0.4, 0.5) is 11.6 Å². The fraction of sp³-hybridized carbons (Fsp3) is 0.312. The predicted molar refractivity (Wildman–Crippen MR) is 100 cm³/mol. The molecule has 0 atom stereocenters. The molecular weight excluding hydrogens is 385 g/mol. The largest absolute Gasteiger partial charge is 0.341 e. The number of hydrogen-bond acceptors (Lipinski definition) is 5. The van der Waals surface area contributed by atoms with E-state index >= 15 is 0 Å². The SMILES string of the molecule is O=C(NNc1c(Cl)cc(Cl)cc1Cl)C1CCN(c2ncccn2)CC1. The average molecular weight is 401 g/mol. The smallest absolute Gasteiger partial charge is 0.241 e. The van der Waals surface area contributed by atoms with Crippen LogP contribution in [0.25, 0.3) is 0 Å². The molecule has 1 aromatic heterocycles. The lowest BCUT2D eigenvalue weighted by molar-refractivity contribution is -0.125. The van der Waals surface area contributed by atoms with Crippen molar-refractivity contribution in [2.45, 2.75) is 12.8 Å². The molecule has 3 rings (SSSR count). The summed E-state index contributed by atoms with van der Waals surface area (Å²) in [5, 5.41) is 1.12. The minimum Gasteiger partial charge on any atom is -0.341 e. The monoisotopic (exact) mass is 399 g/mol. The van der Waals surface area contributed by atoms with E-state index in [0.29, 0.717) is 39.5 Å². The van der Waals surface area contributed by atoms with Gasteiger partial charge >= 0.3 is 0 Å². The quantitative estimate of drug-likeness (QED) is 0.764. The van der Waals surface area contributed by atoms with Gasteiger partial charge in [-0.25, -0.2) is 9.97 Å². The maximum absolute atomic E-state index is 12.4. The highest BCUT2D eigenvalue weighted by atomic mass is 35.5. The van der Waals surface area contributed by atoms with E-state index in [1.807, 2.05) is 0 Å². The Labute approximate surface area is 160 Å². The van der Waals surface area contributed by atoms with Gasteiger partial charge in [-0.1, -0.05) is 34.8 Å². The van der Waals surface area contributed by atoms with E-state index < -0.39 is 0 Å². The Hall–Kier alpha value is -1.76. The first-order valence-electron chi connectivity index (χ1n) is 7.77. The maximum atomic E-state index is 12.4. The Bertz CT molecular complexity index is 728. The molecule has 1 aliphatic rings. The normalized spacial score (nSPS) is 15.1.